The first-order chi connectivity index (χ1) is 11.5. The lowest BCUT2D eigenvalue weighted by atomic mass is 9.87. The number of nitrogens with one attached hydrogen (secondary N) is 1. The van der Waals surface area contributed by atoms with Gasteiger partial charge in [-0.2, -0.15) is 0 Å². The van der Waals surface area contributed by atoms with E-state index in [0.29, 0.717) is 5.56 Å². The largest absolute Gasteiger partial charge is 0.479 e. The van der Waals surface area contributed by atoms with Crippen molar-refractivity contribution < 1.29 is 19.4 Å². The van der Waals surface area contributed by atoms with Gasteiger partial charge < -0.3 is 15.2 Å². The number of ether oxygens (including phenoxy) is 1. The second-order valence-electron chi connectivity index (χ2n) is 5.26. The van der Waals surface area contributed by atoms with Gasteiger partial charge in [0.2, 0.25) is 0 Å². The standard InChI is InChI=1S/C18H18BrNO4/c1-2-18(16(21)22,14-9-6-10-15(19)11-14)20-17(23)24-12-13-7-4-3-5-8-13/h3-11H,2,12H2,1H3,(H,20,23)(H,21,22). The first-order valence-electron chi connectivity index (χ1n) is 7.46. The average Bonchev–Trinajstić information content (AvgIpc) is 2.58. The van der Waals surface area contributed by atoms with Gasteiger partial charge in [-0.3, -0.25) is 0 Å². The van der Waals surface area contributed by atoms with Gasteiger partial charge in [0, 0.05) is 4.47 Å². The summed E-state index contributed by atoms with van der Waals surface area (Å²) in [6, 6.07) is 16.1. The lowest BCUT2D eigenvalue weighted by Crippen LogP contribution is -2.51. The normalized spacial score (nSPS) is 12.9. The van der Waals surface area contributed by atoms with E-state index in [1.54, 1.807) is 31.2 Å². The van der Waals surface area contributed by atoms with Crippen LogP contribution >= 0.6 is 15.9 Å². The molecule has 1 atom stereocenters. The summed E-state index contributed by atoms with van der Waals surface area (Å²) in [5.74, 6) is -1.14. The molecule has 5 nitrogen and oxygen atoms in total. The Hall–Kier alpha value is -2.34. The van der Waals surface area contributed by atoms with Gasteiger partial charge in [0.25, 0.3) is 0 Å². The van der Waals surface area contributed by atoms with Crippen molar-refractivity contribution in [3.63, 3.8) is 0 Å². The smallest absolute Gasteiger partial charge is 0.408 e. The van der Waals surface area contributed by atoms with Crippen LogP contribution in [0.1, 0.15) is 24.5 Å². The number of hydrogen-bond donors (Lipinski definition) is 2. The predicted molar refractivity (Wildman–Crippen MR) is 93.5 cm³/mol. The number of alkyl carbamates (subject to hydrolysis) is 1. The van der Waals surface area contributed by atoms with Crippen LogP contribution in [0.3, 0.4) is 0 Å². The molecule has 0 spiro atoms. The van der Waals surface area contributed by atoms with Crippen molar-refractivity contribution in [1.29, 1.82) is 0 Å². The molecule has 2 aromatic rings. The van der Waals surface area contributed by atoms with E-state index < -0.39 is 17.6 Å². The number of hydrogen-bond acceptors (Lipinski definition) is 3. The van der Waals surface area contributed by atoms with Crippen LogP contribution in [0.4, 0.5) is 4.79 Å². The van der Waals surface area contributed by atoms with Gasteiger partial charge in [-0.05, 0) is 29.7 Å². The summed E-state index contributed by atoms with van der Waals surface area (Å²) in [5.41, 5.74) is -0.242. The Bertz CT molecular complexity index is 720. The van der Waals surface area contributed by atoms with E-state index >= 15 is 0 Å². The molecule has 0 saturated carbocycles. The van der Waals surface area contributed by atoms with Crippen molar-refractivity contribution >= 4 is 28.0 Å². The number of benzene rings is 2. The second kappa shape index (κ2) is 7.97. The zero-order valence-electron chi connectivity index (χ0n) is 13.2. The first-order valence-corrected chi connectivity index (χ1v) is 8.25. The fraction of sp³-hybridized carbons (Fsp3) is 0.222. The molecular weight excluding hydrogens is 374 g/mol. The second-order valence-corrected chi connectivity index (χ2v) is 6.18. The number of rotatable bonds is 6. The van der Waals surface area contributed by atoms with Crippen LogP contribution in [-0.2, 0) is 21.7 Å². The third-order valence-electron chi connectivity index (χ3n) is 3.74. The van der Waals surface area contributed by atoms with Crippen molar-refractivity contribution in [3.8, 4) is 0 Å². The zero-order valence-corrected chi connectivity index (χ0v) is 14.7. The summed E-state index contributed by atoms with van der Waals surface area (Å²) in [5, 5.41) is 12.2. The molecule has 24 heavy (non-hydrogen) atoms. The van der Waals surface area contributed by atoms with Crippen LogP contribution in [0.15, 0.2) is 59.1 Å². The highest BCUT2D eigenvalue weighted by Crippen LogP contribution is 2.28. The van der Waals surface area contributed by atoms with E-state index in [-0.39, 0.29) is 13.0 Å². The van der Waals surface area contributed by atoms with Crippen LogP contribution in [0.2, 0.25) is 0 Å². The Morgan fingerprint density at radius 1 is 1.17 bits per heavy atom. The summed E-state index contributed by atoms with van der Waals surface area (Å²) < 4.78 is 5.90. The highest BCUT2D eigenvalue weighted by atomic mass is 79.9. The maximum absolute atomic E-state index is 12.1. The van der Waals surface area contributed by atoms with Crippen molar-refractivity contribution in [1.82, 2.24) is 5.32 Å². The maximum atomic E-state index is 12.1. The van der Waals surface area contributed by atoms with Crippen LogP contribution < -0.4 is 5.32 Å². The number of carbonyl (C=O) groups is 2. The van der Waals surface area contributed by atoms with Crippen LogP contribution in [0.25, 0.3) is 0 Å². The lowest BCUT2D eigenvalue weighted by Gasteiger charge is -2.29. The SMILES string of the molecule is CCC(NC(=O)OCc1ccccc1)(C(=O)O)c1cccc(Br)c1. The summed E-state index contributed by atoms with van der Waals surface area (Å²) >= 11 is 3.32. The molecule has 0 heterocycles. The Morgan fingerprint density at radius 2 is 1.88 bits per heavy atom. The Kier molecular flexibility index (Phi) is 5.98. The molecule has 0 saturated heterocycles. The highest BCUT2D eigenvalue weighted by Gasteiger charge is 2.41. The minimum absolute atomic E-state index is 0.0740. The monoisotopic (exact) mass is 391 g/mol. The molecule has 2 aromatic carbocycles. The van der Waals surface area contributed by atoms with E-state index in [4.69, 9.17) is 4.74 Å². The van der Waals surface area contributed by atoms with E-state index in [1.165, 1.54) is 0 Å². The van der Waals surface area contributed by atoms with Gasteiger partial charge in [-0.1, -0.05) is 65.3 Å². The molecule has 1 unspecified atom stereocenters. The fourth-order valence-electron chi connectivity index (χ4n) is 2.38. The molecular formula is C18H18BrNO4. The molecule has 0 aliphatic heterocycles. The van der Waals surface area contributed by atoms with E-state index in [1.807, 2.05) is 30.3 Å². The first kappa shape index (κ1) is 18.0. The van der Waals surface area contributed by atoms with Crippen molar-refractivity contribution in [2.24, 2.45) is 0 Å². The number of carbonyl (C=O) groups excluding carboxylic acids is 1. The minimum Gasteiger partial charge on any atom is -0.479 e. The van der Waals surface area contributed by atoms with Crippen molar-refractivity contribution in [2.45, 2.75) is 25.5 Å². The molecule has 2 N–H and O–H groups in total. The quantitative estimate of drug-likeness (QED) is 0.777. The molecule has 1 amide bonds. The van der Waals surface area contributed by atoms with E-state index in [2.05, 4.69) is 21.2 Å². The lowest BCUT2D eigenvalue weighted by molar-refractivity contribution is -0.145. The number of amides is 1. The minimum atomic E-state index is -1.54. The fourth-order valence-corrected chi connectivity index (χ4v) is 2.78. The summed E-state index contributed by atoms with van der Waals surface area (Å²) in [4.78, 5) is 24.0. The number of aliphatic carboxylic acids is 1. The topological polar surface area (TPSA) is 75.6 Å². The average molecular weight is 392 g/mol. The van der Waals surface area contributed by atoms with Gasteiger partial charge >= 0.3 is 12.1 Å². The van der Waals surface area contributed by atoms with Crippen molar-refractivity contribution in [2.75, 3.05) is 0 Å². The van der Waals surface area contributed by atoms with Gasteiger partial charge in [0.15, 0.2) is 5.54 Å². The third kappa shape index (κ3) is 4.14. The molecule has 2 rings (SSSR count). The molecule has 0 aliphatic carbocycles. The molecule has 0 bridgehead atoms. The van der Waals surface area contributed by atoms with Gasteiger partial charge in [0.1, 0.15) is 6.61 Å². The molecule has 0 aliphatic rings. The van der Waals surface area contributed by atoms with Crippen LogP contribution in [0.5, 0.6) is 0 Å². The van der Waals surface area contributed by atoms with E-state index in [0.717, 1.165) is 10.0 Å². The Morgan fingerprint density at radius 3 is 2.46 bits per heavy atom. The van der Waals surface area contributed by atoms with Crippen LogP contribution in [-0.4, -0.2) is 17.2 Å². The summed E-state index contributed by atoms with van der Waals surface area (Å²) in [7, 11) is 0. The third-order valence-corrected chi connectivity index (χ3v) is 4.23. The maximum Gasteiger partial charge on any atom is 0.408 e. The van der Waals surface area contributed by atoms with Crippen LogP contribution in [0, 0.1) is 0 Å². The molecule has 0 fully saturated rings. The Balaban J connectivity index is 2.17. The molecule has 0 aromatic heterocycles. The zero-order chi connectivity index (χ0) is 17.6. The summed E-state index contributed by atoms with van der Waals surface area (Å²) in [6.07, 6.45) is -0.595. The summed E-state index contributed by atoms with van der Waals surface area (Å²) in [6.45, 7) is 1.77. The molecule has 0 radical (unpaired) electrons. The molecule has 126 valence electrons. The Labute approximate surface area is 148 Å². The number of carboxylic acids is 1. The van der Waals surface area contributed by atoms with Crippen molar-refractivity contribution in [3.05, 3.63) is 70.2 Å². The van der Waals surface area contributed by atoms with Gasteiger partial charge in [-0.15, -0.1) is 0 Å². The van der Waals surface area contributed by atoms with Gasteiger partial charge in [-0.25, -0.2) is 9.59 Å². The highest BCUT2D eigenvalue weighted by molar-refractivity contribution is 9.10. The van der Waals surface area contributed by atoms with E-state index in [9.17, 15) is 14.7 Å². The van der Waals surface area contributed by atoms with Gasteiger partial charge in [0.05, 0.1) is 0 Å². The number of halogens is 1. The number of carboxylic acid groups (broad SMARTS) is 1. The predicted octanol–water partition coefficient (Wildman–Crippen LogP) is 4.07. The molecule has 6 heteroatoms.